The van der Waals surface area contributed by atoms with Crippen LogP contribution < -0.4 is 10.6 Å². The fourth-order valence-electron chi connectivity index (χ4n) is 2.48. The highest BCUT2D eigenvalue weighted by atomic mass is 16.5. The van der Waals surface area contributed by atoms with Crippen LogP contribution in [0.4, 0.5) is 5.82 Å². The van der Waals surface area contributed by atoms with E-state index < -0.39 is 0 Å². The maximum atomic E-state index is 12.2. The molecule has 104 valence electrons. The number of nitrogens with one attached hydrogen (secondary N) is 2. The summed E-state index contributed by atoms with van der Waals surface area (Å²) in [7, 11) is 3.52. The monoisotopic (exact) mass is 263 g/mol. The molecular weight excluding hydrogens is 242 g/mol. The Morgan fingerprint density at radius 2 is 2.21 bits per heavy atom. The van der Waals surface area contributed by atoms with Gasteiger partial charge in [0.25, 0.3) is 5.91 Å². The van der Waals surface area contributed by atoms with Gasteiger partial charge in [0, 0.05) is 31.5 Å². The maximum Gasteiger partial charge on any atom is 0.251 e. The van der Waals surface area contributed by atoms with Crippen LogP contribution in [0.2, 0.25) is 0 Å². The first-order valence-corrected chi connectivity index (χ1v) is 6.62. The van der Waals surface area contributed by atoms with Gasteiger partial charge in [0.15, 0.2) is 0 Å². The summed E-state index contributed by atoms with van der Waals surface area (Å²) in [4.78, 5) is 16.5. The Balaban J connectivity index is 2.02. The van der Waals surface area contributed by atoms with Gasteiger partial charge in [-0.05, 0) is 38.3 Å². The minimum Gasteiger partial charge on any atom is -0.381 e. The second kappa shape index (κ2) is 6.02. The van der Waals surface area contributed by atoms with Crippen molar-refractivity contribution in [1.29, 1.82) is 0 Å². The molecule has 0 saturated heterocycles. The molecule has 1 aliphatic rings. The lowest BCUT2D eigenvalue weighted by atomic mass is 10.2. The summed E-state index contributed by atoms with van der Waals surface area (Å²) in [6.07, 6.45) is 3.16. The number of anilines is 1. The van der Waals surface area contributed by atoms with E-state index in [0.717, 1.165) is 25.0 Å². The number of hydrogen-bond donors (Lipinski definition) is 2. The normalized spacial score (nSPS) is 22.3. The Bertz CT molecular complexity index is 462. The van der Waals surface area contributed by atoms with Gasteiger partial charge in [-0.1, -0.05) is 0 Å². The Labute approximate surface area is 113 Å². The molecule has 2 N–H and O–H groups in total. The van der Waals surface area contributed by atoms with Crippen molar-refractivity contribution in [2.75, 3.05) is 19.5 Å². The van der Waals surface area contributed by atoms with Gasteiger partial charge < -0.3 is 15.4 Å². The lowest BCUT2D eigenvalue weighted by Gasteiger charge is -2.13. The fraction of sp³-hybridized carbons (Fsp3) is 0.571. The zero-order valence-electron chi connectivity index (χ0n) is 11.7. The third-order valence-corrected chi connectivity index (χ3v) is 3.52. The van der Waals surface area contributed by atoms with E-state index in [2.05, 4.69) is 15.6 Å². The standard InChI is InChI=1S/C14H21N3O2/c1-9-6-10(7-13(15-2)16-9)14(18)17-11-4-5-12(8-11)19-3/h6-7,11-12H,4-5,8H2,1-3H3,(H,15,16)(H,17,18). The molecule has 1 fully saturated rings. The van der Waals surface area contributed by atoms with Crippen LogP contribution in [0.3, 0.4) is 0 Å². The summed E-state index contributed by atoms with van der Waals surface area (Å²) in [5.74, 6) is 0.676. The van der Waals surface area contributed by atoms with E-state index in [4.69, 9.17) is 4.74 Å². The first kappa shape index (κ1) is 13.8. The summed E-state index contributed by atoms with van der Waals surface area (Å²) in [6.45, 7) is 1.88. The van der Waals surface area contributed by atoms with E-state index >= 15 is 0 Å². The highest BCUT2D eigenvalue weighted by molar-refractivity contribution is 5.95. The van der Waals surface area contributed by atoms with Gasteiger partial charge in [0.05, 0.1) is 6.10 Å². The Hall–Kier alpha value is -1.62. The highest BCUT2D eigenvalue weighted by Gasteiger charge is 2.26. The predicted octanol–water partition coefficient (Wildman–Crippen LogP) is 1.73. The van der Waals surface area contributed by atoms with Crippen molar-refractivity contribution in [2.45, 2.75) is 38.3 Å². The molecule has 19 heavy (non-hydrogen) atoms. The third-order valence-electron chi connectivity index (χ3n) is 3.52. The van der Waals surface area contributed by atoms with Crippen molar-refractivity contribution in [3.63, 3.8) is 0 Å². The average molecular weight is 263 g/mol. The van der Waals surface area contributed by atoms with Gasteiger partial charge in [-0.3, -0.25) is 4.79 Å². The number of rotatable bonds is 4. The number of carbonyl (C=O) groups excluding carboxylic acids is 1. The van der Waals surface area contributed by atoms with E-state index in [1.165, 1.54) is 0 Å². The quantitative estimate of drug-likeness (QED) is 0.868. The van der Waals surface area contributed by atoms with Gasteiger partial charge in [-0.2, -0.15) is 0 Å². The largest absolute Gasteiger partial charge is 0.381 e. The lowest BCUT2D eigenvalue weighted by Crippen LogP contribution is -2.33. The molecule has 2 rings (SSSR count). The molecule has 1 heterocycles. The topological polar surface area (TPSA) is 63.2 Å². The van der Waals surface area contributed by atoms with Crippen molar-refractivity contribution in [3.05, 3.63) is 23.4 Å². The summed E-state index contributed by atoms with van der Waals surface area (Å²) >= 11 is 0. The van der Waals surface area contributed by atoms with E-state index in [9.17, 15) is 4.79 Å². The maximum absolute atomic E-state index is 12.2. The Kier molecular flexibility index (Phi) is 4.37. The molecule has 1 aromatic heterocycles. The smallest absolute Gasteiger partial charge is 0.251 e. The number of aromatic nitrogens is 1. The van der Waals surface area contributed by atoms with Crippen LogP contribution in [-0.4, -0.2) is 37.2 Å². The molecular formula is C14H21N3O2. The zero-order chi connectivity index (χ0) is 13.8. The number of carbonyl (C=O) groups is 1. The van der Waals surface area contributed by atoms with Crippen molar-refractivity contribution < 1.29 is 9.53 Å². The molecule has 5 nitrogen and oxygen atoms in total. The molecule has 2 atom stereocenters. The van der Waals surface area contributed by atoms with E-state index in [1.807, 2.05) is 6.92 Å². The Morgan fingerprint density at radius 1 is 1.42 bits per heavy atom. The van der Waals surface area contributed by atoms with Gasteiger partial charge in [0.2, 0.25) is 0 Å². The van der Waals surface area contributed by atoms with Crippen LogP contribution in [0.5, 0.6) is 0 Å². The second-order valence-corrected chi connectivity index (χ2v) is 4.97. The minimum atomic E-state index is -0.0382. The van der Waals surface area contributed by atoms with E-state index in [0.29, 0.717) is 11.4 Å². The molecule has 2 unspecified atom stereocenters. The lowest BCUT2D eigenvalue weighted by molar-refractivity contribution is 0.0915. The fourth-order valence-corrected chi connectivity index (χ4v) is 2.48. The number of aryl methyl sites for hydroxylation is 1. The molecule has 0 spiro atoms. The number of methoxy groups -OCH3 is 1. The summed E-state index contributed by atoms with van der Waals surface area (Å²) < 4.78 is 5.31. The first-order chi connectivity index (χ1) is 9.12. The van der Waals surface area contributed by atoms with Crippen molar-refractivity contribution in [2.24, 2.45) is 0 Å². The van der Waals surface area contributed by atoms with Gasteiger partial charge in [0.1, 0.15) is 5.82 Å². The first-order valence-electron chi connectivity index (χ1n) is 6.62. The Morgan fingerprint density at radius 3 is 2.84 bits per heavy atom. The molecule has 1 aliphatic carbocycles. The molecule has 1 saturated carbocycles. The van der Waals surface area contributed by atoms with E-state index in [-0.39, 0.29) is 18.1 Å². The van der Waals surface area contributed by atoms with Gasteiger partial charge in [-0.15, -0.1) is 0 Å². The molecule has 1 aromatic rings. The van der Waals surface area contributed by atoms with Crippen LogP contribution >= 0.6 is 0 Å². The molecule has 5 heteroatoms. The zero-order valence-corrected chi connectivity index (χ0v) is 11.7. The molecule has 0 bridgehead atoms. The van der Waals surface area contributed by atoms with Gasteiger partial charge in [-0.25, -0.2) is 4.98 Å². The molecule has 0 aliphatic heterocycles. The minimum absolute atomic E-state index is 0.0382. The number of pyridine rings is 1. The van der Waals surface area contributed by atoms with Crippen molar-refractivity contribution in [1.82, 2.24) is 10.3 Å². The average Bonchev–Trinajstić information content (AvgIpc) is 2.85. The summed E-state index contributed by atoms with van der Waals surface area (Å²) in [5, 5.41) is 6.03. The summed E-state index contributed by atoms with van der Waals surface area (Å²) in [5.41, 5.74) is 1.48. The number of ether oxygens (including phenoxy) is 1. The van der Waals surface area contributed by atoms with E-state index in [1.54, 1.807) is 26.3 Å². The van der Waals surface area contributed by atoms with Gasteiger partial charge >= 0.3 is 0 Å². The van der Waals surface area contributed by atoms with Crippen molar-refractivity contribution in [3.8, 4) is 0 Å². The molecule has 0 radical (unpaired) electrons. The second-order valence-electron chi connectivity index (χ2n) is 4.97. The number of amides is 1. The molecule has 0 aromatic carbocycles. The van der Waals surface area contributed by atoms with Crippen LogP contribution in [-0.2, 0) is 4.74 Å². The predicted molar refractivity (Wildman–Crippen MR) is 74.4 cm³/mol. The molecule has 1 amide bonds. The highest BCUT2D eigenvalue weighted by Crippen LogP contribution is 2.22. The van der Waals surface area contributed by atoms with Crippen LogP contribution in [0.1, 0.15) is 35.3 Å². The van der Waals surface area contributed by atoms with Crippen LogP contribution in [0, 0.1) is 6.92 Å². The SMILES string of the molecule is CNc1cc(C(=O)NC2CCC(OC)C2)cc(C)n1. The number of nitrogens with zero attached hydrogens (tertiary/aromatic N) is 1. The van der Waals surface area contributed by atoms with Crippen LogP contribution in [0.25, 0.3) is 0 Å². The summed E-state index contributed by atoms with van der Waals surface area (Å²) in [6, 6.07) is 3.79. The third kappa shape index (κ3) is 3.44. The van der Waals surface area contributed by atoms with Crippen LogP contribution in [0.15, 0.2) is 12.1 Å². The number of hydrogen-bond acceptors (Lipinski definition) is 4. The van der Waals surface area contributed by atoms with Crippen molar-refractivity contribution >= 4 is 11.7 Å².